The summed E-state index contributed by atoms with van der Waals surface area (Å²) in [6.07, 6.45) is 2.44. The summed E-state index contributed by atoms with van der Waals surface area (Å²) >= 11 is 0. The van der Waals surface area contributed by atoms with Crippen LogP contribution in [0.15, 0.2) is 54.6 Å². The zero-order valence-electron chi connectivity index (χ0n) is 10.9. The molecule has 0 fully saturated rings. The third kappa shape index (κ3) is 4.28. The number of carboxylic acids is 1. The summed E-state index contributed by atoms with van der Waals surface area (Å²) in [4.78, 5) is 22.4. The fourth-order valence-electron chi connectivity index (χ4n) is 1.68. The molecular weight excluding hydrogens is 273 g/mol. The van der Waals surface area contributed by atoms with E-state index >= 15 is 0 Å². The van der Waals surface area contributed by atoms with Crippen LogP contribution in [0, 0.1) is 5.82 Å². The summed E-state index contributed by atoms with van der Waals surface area (Å²) < 4.78 is 13.0. The Labute approximate surface area is 120 Å². The largest absolute Gasteiger partial charge is 0.478 e. The van der Waals surface area contributed by atoms with E-state index in [9.17, 15) is 14.0 Å². The lowest BCUT2D eigenvalue weighted by molar-refractivity contribution is -0.131. The highest BCUT2D eigenvalue weighted by molar-refractivity contribution is 6.04. The molecule has 0 spiro atoms. The highest BCUT2D eigenvalue weighted by Crippen LogP contribution is 2.12. The minimum absolute atomic E-state index is 0.366. The number of halogens is 1. The Kier molecular flexibility index (Phi) is 4.46. The highest BCUT2D eigenvalue weighted by Gasteiger charge is 2.06. The van der Waals surface area contributed by atoms with Gasteiger partial charge in [-0.05, 0) is 42.0 Å². The van der Waals surface area contributed by atoms with E-state index in [1.54, 1.807) is 30.3 Å². The first-order valence-corrected chi connectivity index (χ1v) is 6.12. The Balaban J connectivity index is 2.08. The average Bonchev–Trinajstić information content (AvgIpc) is 2.45. The topological polar surface area (TPSA) is 66.4 Å². The molecule has 0 unspecified atom stereocenters. The van der Waals surface area contributed by atoms with Gasteiger partial charge in [0.2, 0.25) is 0 Å². The Bertz CT molecular complexity index is 693. The van der Waals surface area contributed by atoms with Gasteiger partial charge in [0.05, 0.1) is 0 Å². The lowest BCUT2D eigenvalue weighted by Crippen LogP contribution is -2.11. The molecule has 2 N–H and O–H groups in total. The standard InChI is InChI=1S/C16H12FNO3/c17-13-2-1-3-14(10-13)18-16(21)12-7-4-11(5-8-12)6-9-15(19)20/h1-10H,(H,18,21)(H,19,20). The van der Waals surface area contributed by atoms with Crippen LogP contribution in [0.3, 0.4) is 0 Å². The van der Waals surface area contributed by atoms with Crippen molar-refractivity contribution in [2.24, 2.45) is 0 Å². The second-order valence-electron chi connectivity index (χ2n) is 4.26. The summed E-state index contributed by atoms with van der Waals surface area (Å²) in [5.74, 6) is -1.83. The van der Waals surface area contributed by atoms with Crippen LogP contribution in [0.1, 0.15) is 15.9 Å². The second kappa shape index (κ2) is 6.47. The molecule has 21 heavy (non-hydrogen) atoms. The quantitative estimate of drug-likeness (QED) is 0.848. The SMILES string of the molecule is O=C(O)C=Cc1ccc(C(=O)Nc2cccc(F)c2)cc1. The van der Waals surface area contributed by atoms with Crippen LogP contribution in [0.5, 0.6) is 0 Å². The molecule has 0 bridgehead atoms. The Morgan fingerprint density at radius 1 is 1.10 bits per heavy atom. The molecular formula is C16H12FNO3. The number of hydrogen-bond acceptors (Lipinski definition) is 2. The van der Waals surface area contributed by atoms with Gasteiger partial charge < -0.3 is 10.4 Å². The summed E-state index contributed by atoms with van der Waals surface area (Å²) in [5, 5.41) is 11.1. The number of carbonyl (C=O) groups is 2. The van der Waals surface area contributed by atoms with Crippen molar-refractivity contribution in [3.8, 4) is 0 Å². The maximum absolute atomic E-state index is 13.0. The van der Waals surface area contributed by atoms with E-state index in [-0.39, 0.29) is 5.91 Å². The smallest absolute Gasteiger partial charge is 0.328 e. The molecule has 0 saturated carbocycles. The van der Waals surface area contributed by atoms with Crippen LogP contribution in [0.25, 0.3) is 6.08 Å². The predicted molar refractivity (Wildman–Crippen MR) is 77.5 cm³/mol. The zero-order chi connectivity index (χ0) is 15.2. The summed E-state index contributed by atoms with van der Waals surface area (Å²) in [7, 11) is 0. The molecule has 0 aromatic heterocycles. The first kappa shape index (κ1) is 14.5. The van der Waals surface area contributed by atoms with E-state index in [0.29, 0.717) is 16.8 Å². The van der Waals surface area contributed by atoms with Crippen molar-refractivity contribution < 1.29 is 19.1 Å². The summed E-state index contributed by atoms with van der Waals surface area (Å²) in [6.45, 7) is 0. The Hall–Kier alpha value is -2.95. The van der Waals surface area contributed by atoms with Crippen LogP contribution >= 0.6 is 0 Å². The molecule has 0 atom stereocenters. The van der Waals surface area contributed by atoms with Gasteiger partial charge in [-0.1, -0.05) is 18.2 Å². The van der Waals surface area contributed by atoms with Gasteiger partial charge in [0, 0.05) is 17.3 Å². The third-order valence-electron chi connectivity index (χ3n) is 2.67. The molecule has 0 saturated heterocycles. The summed E-state index contributed by atoms with van der Waals surface area (Å²) in [5.41, 5.74) is 1.43. The van der Waals surface area contributed by atoms with E-state index < -0.39 is 11.8 Å². The predicted octanol–water partition coefficient (Wildman–Crippen LogP) is 3.18. The van der Waals surface area contributed by atoms with E-state index in [1.807, 2.05) is 0 Å². The Morgan fingerprint density at radius 2 is 1.81 bits per heavy atom. The number of hydrogen-bond donors (Lipinski definition) is 2. The van der Waals surface area contributed by atoms with Crippen LogP contribution < -0.4 is 5.32 Å². The maximum Gasteiger partial charge on any atom is 0.328 e. The first-order chi connectivity index (χ1) is 10.0. The molecule has 5 heteroatoms. The monoisotopic (exact) mass is 285 g/mol. The number of benzene rings is 2. The number of carbonyl (C=O) groups excluding carboxylic acids is 1. The van der Waals surface area contributed by atoms with Gasteiger partial charge in [0.1, 0.15) is 5.82 Å². The summed E-state index contributed by atoms with van der Waals surface area (Å²) in [6, 6.07) is 12.0. The van der Waals surface area contributed by atoms with Gasteiger partial charge >= 0.3 is 5.97 Å². The molecule has 0 aliphatic carbocycles. The Morgan fingerprint density at radius 3 is 2.43 bits per heavy atom. The third-order valence-corrected chi connectivity index (χ3v) is 2.67. The fourth-order valence-corrected chi connectivity index (χ4v) is 1.68. The second-order valence-corrected chi connectivity index (χ2v) is 4.26. The highest BCUT2D eigenvalue weighted by atomic mass is 19.1. The van der Waals surface area contributed by atoms with Gasteiger partial charge in [-0.25, -0.2) is 9.18 Å². The normalized spacial score (nSPS) is 10.5. The fraction of sp³-hybridized carbons (Fsp3) is 0. The van der Waals surface area contributed by atoms with Gasteiger partial charge in [0.25, 0.3) is 5.91 Å². The van der Waals surface area contributed by atoms with Gasteiger partial charge in [-0.2, -0.15) is 0 Å². The minimum Gasteiger partial charge on any atom is -0.478 e. The number of anilines is 1. The molecule has 2 aromatic rings. The van der Waals surface area contributed by atoms with Gasteiger partial charge in [0.15, 0.2) is 0 Å². The molecule has 1 amide bonds. The maximum atomic E-state index is 13.0. The van der Waals surface area contributed by atoms with Crippen molar-refractivity contribution in [1.29, 1.82) is 0 Å². The molecule has 0 heterocycles. The minimum atomic E-state index is -1.04. The first-order valence-electron chi connectivity index (χ1n) is 6.12. The lowest BCUT2D eigenvalue weighted by atomic mass is 10.1. The number of nitrogens with one attached hydrogen (secondary N) is 1. The van der Waals surface area contributed by atoms with Crippen molar-refractivity contribution in [2.45, 2.75) is 0 Å². The van der Waals surface area contributed by atoms with Crippen molar-refractivity contribution in [2.75, 3.05) is 5.32 Å². The average molecular weight is 285 g/mol. The molecule has 0 aliphatic rings. The van der Waals surface area contributed by atoms with Crippen molar-refractivity contribution in [3.05, 3.63) is 71.6 Å². The van der Waals surface area contributed by atoms with E-state index in [4.69, 9.17) is 5.11 Å². The van der Waals surface area contributed by atoms with Crippen LogP contribution in [-0.2, 0) is 4.79 Å². The molecule has 106 valence electrons. The zero-order valence-corrected chi connectivity index (χ0v) is 10.9. The molecule has 0 aliphatic heterocycles. The van der Waals surface area contributed by atoms with Crippen molar-refractivity contribution >= 4 is 23.6 Å². The molecule has 2 aromatic carbocycles. The number of rotatable bonds is 4. The van der Waals surface area contributed by atoms with Crippen molar-refractivity contribution in [3.63, 3.8) is 0 Å². The molecule has 2 rings (SSSR count). The van der Waals surface area contributed by atoms with Crippen LogP contribution in [-0.4, -0.2) is 17.0 Å². The van der Waals surface area contributed by atoms with Crippen LogP contribution in [0.2, 0.25) is 0 Å². The van der Waals surface area contributed by atoms with E-state index in [2.05, 4.69) is 5.32 Å². The number of carboxylic acid groups (broad SMARTS) is 1. The van der Waals surface area contributed by atoms with Crippen molar-refractivity contribution in [1.82, 2.24) is 0 Å². The number of aliphatic carboxylic acids is 1. The van der Waals surface area contributed by atoms with E-state index in [0.717, 1.165) is 6.08 Å². The lowest BCUT2D eigenvalue weighted by Gasteiger charge is -2.05. The van der Waals surface area contributed by atoms with E-state index in [1.165, 1.54) is 24.3 Å². The molecule has 0 radical (unpaired) electrons. The van der Waals surface area contributed by atoms with Crippen LogP contribution in [0.4, 0.5) is 10.1 Å². The number of amides is 1. The van der Waals surface area contributed by atoms with Gasteiger partial charge in [-0.15, -0.1) is 0 Å². The van der Waals surface area contributed by atoms with Gasteiger partial charge in [-0.3, -0.25) is 4.79 Å². The molecule has 4 nitrogen and oxygen atoms in total.